The van der Waals surface area contributed by atoms with Crippen LogP contribution in [-0.4, -0.2) is 45.6 Å². The summed E-state index contributed by atoms with van der Waals surface area (Å²) >= 11 is 0. The zero-order valence-corrected chi connectivity index (χ0v) is 24.8. The minimum absolute atomic E-state index is 0.0755. The van der Waals surface area contributed by atoms with E-state index in [1.807, 2.05) is 30.3 Å². The molecule has 3 aromatic rings. The van der Waals surface area contributed by atoms with Gasteiger partial charge in [-0.3, -0.25) is 9.59 Å². The first-order valence-electron chi connectivity index (χ1n) is 13.9. The molecule has 0 saturated heterocycles. The molecule has 3 N–H and O–H groups in total. The predicted molar refractivity (Wildman–Crippen MR) is 162 cm³/mol. The average Bonchev–Trinajstić information content (AvgIpc) is 2.94. The SMILES string of the molecule is C#Cc1ccccc1C(C(=O)NCc1ccccc1)N(C(=O)C(Cc1ccc(O)cc1)NC(=O)OC(C)(C)C)C(C)C. The number of hydrogen-bond acceptors (Lipinski definition) is 5. The van der Waals surface area contributed by atoms with Crippen molar-refractivity contribution in [3.63, 3.8) is 0 Å². The van der Waals surface area contributed by atoms with Crippen molar-refractivity contribution in [3.8, 4) is 18.1 Å². The number of rotatable bonds is 10. The molecule has 0 bridgehead atoms. The molecule has 0 saturated carbocycles. The van der Waals surface area contributed by atoms with Crippen molar-refractivity contribution in [2.24, 2.45) is 0 Å². The maximum absolute atomic E-state index is 14.4. The molecular formula is C34H39N3O5. The lowest BCUT2D eigenvalue weighted by atomic mass is 9.95. The largest absolute Gasteiger partial charge is 0.508 e. The Morgan fingerprint density at radius 1 is 0.929 bits per heavy atom. The first-order valence-corrected chi connectivity index (χ1v) is 13.9. The van der Waals surface area contributed by atoms with Crippen molar-refractivity contribution in [3.05, 3.63) is 101 Å². The summed E-state index contributed by atoms with van der Waals surface area (Å²) in [4.78, 5) is 42.7. The summed E-state index contributed by atoms with van der Waals surface area (Å²) in [7, 11) is 0. The average molecular weight is 570 g/mol. The van der Waals surface area contributed by atoms with Crippen LogP contribution in [0.4, 0.5) is 4.79 Å². The van der Waals surface area contributed by atoms with E-state index in [0.29, 0.717) is 16.7 Å². The van der Waals surface area contributed by atoms with Crippen LogP contribution in [-0.2, 0) is 27.3 Å². The topological polar surface area (TPSA) is 108 Å². The fourth-order valence-electron chi connectivity index (χ4n) is 4.54. The number of carbonyl (C=O) groups excluding carboxylic acids is 3. The van der Waals surface area contributed by atoms with Gasteiger partial charge < -0.3 is 25.4 Å². The van der Waals surface area contributed by atoms with Gasteiger partial charge in [-0.15, -0.1) is 6.42 Å². The van der Waals surface area contributed by atoms with E-state index in [2.05, 4.69) is 16.6 Å². The Balaban J connectivity index is 2.05. The first-order chi connectivity index (χ1) is 19.9. The number of terminal acetylenes is 1. The fraction of sp³-hybridized carbons (Fsp3) is 0.324. The molecular weight excluding hydrogens is 530 g/mol. The van der Waals surface area contributed by atoms with Gasteiger partial charge in [0.1, 0.15) is 23.4 Å². The molecule has 8 nitrogen and oxygen atoms in total. The zero-order valence-electron chi connectivity index (χ0n) is 24.8. The number of alkyl carbamates (subject to hydrolysis) is 1. The molecule has 2 unspecified atom stereocenters. The maximum atomic E-state index is 14.4. The van der Waals surface area contributed by atoms with E-state index in [-0.39, 0.29) is 18.7 Å². The lowest BCUT2D eigenvalue weighted by molar-refractivity contribution is -0.144. The molecule has 0 aliphatic carbocycles. The molecule has 0 aromatic heterocycles. The van der Waals surface area contributed by atoms with Gasteiger partial charge in [-0.2, -0.15) is 0 Å². The number of nitrogens with zero attached hydrogens (tertiary/aromatic N) is 1. The van der Waals surface area contributed by atoms with Crippen molar-refractivity contribution in [1.29, 1.82) is 0 Å². The van der Waals surface area contributed by atoms with E-state index in [4.69, 9.17) is 11.2 Å². The van der Waals surface area contributed by atoms with E-state index in [9.17, 15) is 19.5 Å². The van der Waals surface area contributed by atoms with Gasteiger partial charge in [0.2, 0.25) is 11.8 Å². The van der Waals surface area contributed by atoms with E-state index in [1.54, 1.807) is 71.0 Å². The van der Waals surface area contributed by atoms with Crippen molar-refractivity contribution < 1.29 is 24.2 Å². The zero-order chi connectivity index (χ0) is 30.9. The lowest BCUT2D eigenvalue weighted by Crippen LogP contribution is -2.55. The second-order valence-electron chi connectivity index (χ2n) is 11.2. The van der Waals surface area contributed by atoms with E-state index >= 15 is 0 Å². The number of carbonyl (C=O) groups is 3. The number of phenols is 1. The molecule has 42 heavy (non-hydrogen) atoms. The fourth-order valence-corrected chi connectivity index (χ4v) is 4.54. The lowest BCUT2D eigenvalue weighted by Gasteiger charge is -2.37. The Bertz CT molecular complexity index is 1410. The number of phenolic OH excluding ortho intramolecular Hbond substituents is 1. The minimum Gasteiger partial charge on any atom is -0.508 e. The van der Waals surface area contributed by atoms with Gasteiger partial charge in [-0.25, -0.2) is 4.79 Å². The van der Waals surface area contributed by atoms with Gasteiger partial charge in [0.05, 0.1) is 0 Å². The summed E-state index contributed by atoms with van der Waals surface area (Å²) in [5, 5.41) is 15.4. The molecule has 2 atom stereocenters. The normalized spacial score (nSPS) is 12.5. The van der Waals surface area contributed by atoms with Crippen molar-refractivity contribution in [2.75, 3.05) is 0 Å². The minimum atomic E-state index is -1.09. The second kappa shape index (κ2) is 14.2. The maximum Gasteiger partial charge on any atom is 0.408 e. The molecule has 3 aromatic carbocycles. The van der Waals surface area contributed by atoms with Gasteiger partial charge >= 0.3 is 6.09 Å². The Morgan fingerprint density at radius 2 is 1.55 bits per heavy atom. The Labute approximate surface area is 248 Å². The first kappa shape index (κ1) is 31.8. The third kappa shape index (κ3) is 8.87. The Kier molecular flexibility index (Phi) is 10.8. The number of aromatic hydroxyl groups is 1. The van der Waals surface area contributed by atoms with Gasteiger partial charge in [0.15, 0.2) is 0 Å². The molecule has 0 spiro atoms. The van der Waals surface area contributed by atoms with Crippen LogP contribution in [0, 0.1) is 12.3 Å². The van der Waals surface area contributed by atoms with Crippen LogP contribution >= 0.6 is 0 Å². The number of nitrogens with one attached hydrogen (secondary N) is 2. The quantitative estimate of drug-likeness (QED) is 0.294. The summed E-state index contributed by atoms with van der Waals surface area (Å²) in [6.45, 7) is 9.05. The monoisotopic (exact) mass is 569 g/mol. The number of amides is 3. The van der Waals surface area contributed by atoms with Crippen LogP contribution < -0.4 is 10.6 Å². The molecule has 0 heterocycles. The van der Waals surface area contributed by atoms with Crippen LogP contribution in [0.2, 0.25) is 0 Å². The van der Waals surface area contributed by atoms with E-state index in [0.717, 1.165) is 5.56 Å². The van der Waals surface area contributed by atoms with Crippen LogP contribution in [0.3, 0.4) is 0 Å². The highest BCUT2D eigenvalue weighted by molar-refractivity contribution is 5.93. The third-order valence-electron chi connectivity index (χ3n) is 6.42. The summed E-state index contributed by atoms with van der Waals surface area (Å²) < 4.78 is 5.47. The molecule has 8 heteroatoms. The smallest absolute Gasteiger partial charge is 0.408 e. The van der Waals surface area contributed by atoms with Gasteiger partial charge in [-0.05, 0) is 69.5 Å². The summed E-state index contributed by atoms with van der Waals surface area (Å²) in [6, 6.07) is 20.2. The van der Waals surface area contributed by atoms with Crippen LogP contribution in [0.15, 0.2) is 78.9 Å². The molecule has 220 valence electrons. The summed E-state index contributed by atoms with van der Waals surface area (Å²) in [6.07, 6.45) is 5.15. The predicted octanol–water partition coefficient (Wildman–Crippen LogP) is 5.10. The third-order valence-corrected chi connectivity index (χ3v) is 6.42. The molecule has 0 aliphatic heterocycles. The highest BCUT2D eigenvalue weighted by atomic mass is 16.6. The van der Waals surface area contributed by atoms with Crippen LogP contribution in [0.1, 0.15) is 62.9 Å². The standard InChI is InChI=1S/C34H39N3O5/c1-7-26-15-11-12-16-28(26)30(31(39)35-22-25-13-9-8-10-14-25)37(23(2)3)32(40)29(36-33(41)42-34(4,5)6)21-24-17-19-27(38)20-18-24/h1,8-20,23,29-30,38H,21-22H2,2-6H3,(H,35,39)(H,36,41). The molecule has 0 aliphatic rings. The van der Waals surface area contributed by atoms with E-state index < -0.39 is 41.6 Å². The Hall–Kier alpha value is -4.77. The highest BCUT2D eigenvalue weighted by Gasteiger charge is 2.38. The van der Waals surface area contributed by atoms with E-state index in [1.165, 1.54) is 17.0 Å². The Morgan fingerprint density at radius 3 is 2.14 bits per heavy atom. The summed E-state index contributed by atoms with van der Waals surface area (Å²) in [5.74, 6) is 1.81. The molecule has 3 amide bonds. The number of benzene rings is 3. The van der Waals surface area contributed by atoms with Crippen LogP contribution in [0.25, 0.3) is 0 Å². The highest BCUT2D eigenvalue weighted by Crippen LogP contribution is 2.28. The molecule has 0 fully saturated rings. The van der Waals surface area contributed by atoms with Crippen molar-refractivity contribution >= 4 is 17.9 Å². The van der Waals surface area contributed by atoms with Gasteiger partial charge in [-0.1, -0.05) is 66.6 Å². The number of ether oxygens (including phenoxy) is 1. The molecule has 3 rings (SSSR count). The van der Waals surface area contributed by atoms with Gasteiger partial charge in [0, 0.05) is 24.6 Å². The van der Waals surface area contributed by atoms with Crippen LogP contribution in [0.5, 0.6) is 5.75 Å². The number of hydrogen-bond donors (Lipinski definition) is 3. The van der Waals surface area contributed by atoms with Gasteiger partial charge in [0.25, 0.3) is 0 Å². The summed E-state index contributed by atoms with van der Waals surface area (Å²) in [5.41, 5.74) is 1.77. The molecule has 0 radical (unpaired) electrons. The van der Waals surface area contributed by atoms with Crippen molar-refractivity contribution in [1.82, 2.24) is 15.5 Å². The van der Waals surface area contributed by atoms with Crippen molar-refractivity contribution in [2.45, 2.75) is 71.3 Å². The second-order valence-corrected chi connectivity index (χ2v) is 11.2.